The van der Waals surface area contributed by atoms with Crippen LogP contribution in [0.15, 0.2) is 46.8 Å². The van der Waals surface area contributed by atoms with E-state index in [-0.39, 0.29) is 20.3 Å². The number of allylic oxidation sites excluding steroid dienone is 8. The normalized spacial score (nSPS) is 17.7. The van der Waals surface area contributed by atoms with Gasteiger partial charge >= 0.3 is 18.9 Å². The Morgan fingerprint density at radius 2 is 1.39 bits per heavy atom. The van der Waals surface area contributed by atoms with Crippen molar-refractivity contribution in [2.75, 3.05) is 0 Å². The van der Waals surface area contributed by atoms with Crippen molar-refractivity contribution in [1.82, 2.24) is 0 Å². The zero-order chi connectivity index (χ0) is 12.1. The van der Waals surface area contributed by atoms with Crippen molar-refractivity contribution >= 4 is 8.07 Å². The van der Waals surface area contributed by atoms with Gasteiger partial charge in [0.1, 0.15) is 8.07 Å². The summed E-state index contributed by atoms with van der Waals surface area (Å²) in [5, 5.41) is 3.58. The second-order valence-corrected chi connectivity index (χ2v) is 9.68. The molecule has 0 N–H and O–H groups in total. The van der Waals surface area contributed by atoms with E-state index in [2.05, 4.69) is 50.3 Å². The van der Waals surface area contributed by atoms with Crippen LogP contribution in [-0.2, 0) is 0 Å². The van der Waals surface area contributed by atoms with Crippen molar-refractivity contribution in [1.29, 1.82) is 0 Å². The fourth-order valence-electron chi connectivity index (χ4n) is 3.43. The van der Waals surface area contributed by atoms with Crippen LogP contribution >= 0.6 is 0 Å². The third-order valence-corrected chi connectivity index (χ3v) is 10.0. The average Bonchev–Trinajstić information content (AvgIpc) is 3.02. The van der Waals surface area contributed by atoms with E-state index in [9.17, 15) is 0 Å². The number of hydrogen-bond acceptors (Lipinski definition) is 0. The van der Waals surface area contributed by atoms with Crippen LogP contribution in [-0.4, -0.2) is 8.07 Å². The standard InChI is InChI=1S/C16H24Si.Li.H/c1-3-13-17(14-4-2,15-9-5-6-10-15)16-11-7-8-12-16;;/h5-9,11H,3-4,10,12-14H2,1-2H3;;/q;+1;-1. The average molecular weight is 252 g/mol. The molecule has 0 aromatic rings. The van der Waals surface area contributed by atoms with Gasteiger partial charge in [-0.3, -0.25) is 0 Å². The van der Waals surface area contributed by atoms with Gasteiger partial charge in [0.25, 0.3) is 0 Å². The van der Waals surface area contributed by atoms with Gasteiger partial charge in [0.15, 0.2) is 0 Å². The molecule has 0 nitrogen and oxygen atoms in total. The second kappa shape index (κ2) is 7.38. The molecule has 0 fully saturated rings. The van der Waals surface area contributed by atoms with Crippen molar-refractivity contribution in [3.8, 4) is 0 Å². The van der Waals surface area contributed by atoms with Gasteiger partial charge in [-0.1, -0.05) is 85.6 Å². The summed E-state index contributed by atoms with van der Waals surface area (Å²) in [6, 6.07) is 2.89. The molecule has 2 heteroatoms. The summed E-state index contributed by atoms with van der Waals surface area (Å²) in [5.41, 5.74) is 0. The van der Waals surface area contributed by atoms with Gasteiger partial charge in [0.05, 0.1) is 0 Å². The van der Waals surface area contributed by atoms with E-state index in [1.165, 1.54) is 37.8 Å². The maximum atomic E-state index is 2.43. The van der Waals surface area contributed by atoms with E-state index >= 15 is 0 Å². The SMILES string of the molecule is CCC[Si](CCC)(C1=CC=CC1)C1=CC=CC1.[H-].[Li+]. The summed E-state index contributed by atoms with van der Waals surface area (Å²) < 4.78 is 0. The Morgan fingerprint density at radius 1 is 0.944 bits per heavy atom. The minimum absolute atomic E-state index is 0. The minimum Gasteiger partial charge on any atom is -1.00 e. The summed E-state index contributed by atoms with van der Waals surface area (Å²) in [5.74, 6) is 0. The van der Waals surface area contributed by atoms with Gasteiger partial charge in [-0.05, 0) is 12.8 Å². The van der Waals surface area contributed by atoms with Crippen molar-refractivity contribution < 1.29 is 20.3 Å². The summed E-state index contributed by atoms with van der Waals surface area (Å²) in [6.07, 6.45) is 19.2. The van der Waals surface area contributed by atoms with Gasteiger partial charge in [0, 0.05) is 0 Å². The molecule has 0 unspecified atom stereocenters. The van der Waals surface area contributed by atoms with Crippen LogP contribution in [0, 0.1) is 0 Å². The van der Waals surface area contributed by atoms with E-state index in [0.717, 1.165) is 0 Å². The van der Waals surface area contributed by atoms with Crippen LogP contribution in [0.5, 0.6) is 0 Å². The quantitative estimate of drug-likeness (QED) is 0.636. The molecule has 0 radical (unpaired) electrons. The van der Waals surface area contributed by atoms with E-state index < -0.39 is 8.07 Å². The summed E-state index contributed by atoms with van der Waals surface area (Å²) in [6.45, 7) is 4.70. The molecule has 2 aliphatic carbocycles. The van der Waals surface area contributed by atoms with Crippen molar-refractivity contribution in [3.63, 3.8) is 0 Å². The monoisotopic (exact) mass is 252 g/mol. The largest absolute Gasteiger partial charge is 1.00 e. The molecule has 0 aromatic heterocycles. The predicted octanol–water partition coefficient (Wildman–Crippen LogP) is 2.22. The van der Waals surface area contributed by atoms with Gasteiger partial charge in [-0.2, -0.15) is 0 Å². The summed E-state index contributed by atoms with van der Waals surface area (Å²) in [4.78, 5) is 0. The van der Waals surface area contributed by atoms with Crippen molar-refractivity contribution in [3.05, 3.63) is 46.8 Å². The Kier molecular flexibility index (Phi) is 6.49. The first-order valence-electron chi connectivity index (χ1n) is 7.06. The Labute approximate surface area is 127 Å². The molecule has 94 valence electrons. The Bertz CT molecular complexity index is 356. The second-order valence-electron chi connectivity index (χ2n) is 5.23. The molecule has 2 aliphatic rings. The molecule has 0 bridgehead atoms. The molecule has 0 saturated heterocycles. The first kappa shape index (κ1) is 15.8. The van der Waals surface area contributed by atoms with Crippen molar-refractivity contribution in [2.24, 2.45) is 0 Å². The smallest absolute Gasteiger partial charge is 1.00 e. The summed E-state index contributed by atoms with van der Waals surface area (Å²) >= 11 is 0. The topological polar surface area (TPSA) is 0 Å². The molecule has 18 heavy (non-hydrogen) atoms. The zero-order valence-corrected chi connectivity index (χ0v) is 13.2. The molecular formula is C16H25LiSi. The van der Waals surface area contributed by atoms with Gasteiger partial charge in [-0.25, -0.2) is 0 Å². The van der Waals surface area contributed by atoms with Gasteiger partial charge in [-0.15, -0.1) is 0 Å². The molecule has 2 rings (SSSR count). The van der Waals surface area contributed by atoms with Crippen LogP contribution < -0.4 is 18.9 Å². The van der Waals surface area contributed by atoms with Crippen LogP contribution in [0.25, 0.3) is 0 Å². The molecule has 0 atom stereocenters. The van der Waals surface area contributed by atoms with Crippen molar-refractivity contribution in [2.45, 2.75) is 51.6 Å². The van der Waals surface area contributed by atoms with Crippen LogP contribution in [0.1, 0.15) is 41.0 Å². The molecule has 0 heterocycles. The Balaban J connectivity index is 0.00000162. The molecule has 0 saturated carbocycles. The fourth-order valence-corrected chi connectivity index (χ4v) is 8.93. The van der Waals surface area contributed by atoms with E-state index in [1.807, 2.05) is 0 Å². The minimum atomic E-state index is -1.33. The Hall–Kier alpha value is -0.226. The zero-order valence-electron chi connectivity index (χ0n) is 13.2. The molecular weight excluding hydrogens is 227 g/mol. The predicted molar refractivity (Wildman–Crippen MR) is 80.7 cm³/mol. The molecule has 0 aromatic carbocycles. The third-order valence-electron chi connectivity index (χ3n) is 4.13. The van der Waals surface area contributed by atoms with Crippen LogP contribution in [0.4, 0.5) is 0 Å². The maximum absolute atomic E-state index is 2.43. The summed E-state index contributed by atoms with van der Waals surface area (Å²) in [7, 11) is -1.33. The first-order chi connectivity index (χ1) is 8.33. The third kappa shape index (κ3) is 3.02. The van der Waals surface area contributed by atoms with Gasteiger partial charge in [0.2, 0.25) is 0 Å². The van der Waals surface area contributed by atoms with E-state index in [0.29, 0.717) is 0 Å². The van der Waals surface area contributed by atoms with Gasteiger partial charge < -0.3 is 1.43 Å². The molecule has 0 spiro atoms. The maximum Gasteiger partial charge on any atom is 1.00 e. The molecule has 0 amide bonds. The van der Waals surface area contributed by atoms with E-state index in [4.69, 9.17) is 0 Å². The van der Waals surface area contributed by atoms with Crippen LogP contribution in [0.2, 0.25) is 12.1 Å². The van der Waals surface area contributed by atoms with E-state index in [1.54, 1.807) is 10.4 Å². The molecule has 0 aliphatic heterocycles. The van der Waals surface area contributed by atoms with Crippen LogP contribution in [0.3, 0.4) is 0 Å². The number of hydrogen-bond donors (Lipinski definition) is 0. The number of rotatable bonds is 6. The first-order valence-corrected chi connectivity index (χ1v) is 9.47. The Morgan fingerprint density at radius 3 is 1.67 bits per heavy atom. The fraction of sp³-hybridized carbons (Fsp3) is 0.500.